The van der Waals surface area contributed by atoms with E-state index in [0.717, 1.165) is 10.2 Å². The summed E-state index contributed by atoms with van der Waals surface area (Å²) in [6.45, 7) is 1.87. The van der Waals surface area contributed by atoms with Crippen molar-refractivity contribution in [3.05, 3.63) is 24.0 Å². The van der Waals surface area contributed by atoms with Crippen molar-refractivity contribution in [3.8, 4) is 0 Å². The Morgan fingerprint density at radius 2 is 2.21 bits per heavy atom. The van der Waals surface area contributed by atoms with Gasteiger partial charge in [0.05, 0.1) is 12.9 Å². The monoisotopic (exact) mass is 217 g/mol. The van der Waals surface area contributed by atoms with Crippen LogP contribution in [0.15, 0.2) is 18.3 Å². The van der Waals surface area contributed by atoms with Crippen LogP contribution in [0, 0.1) is 0 Å². The summed E-state index contributed by atoms with van der Waals surface area (Å²) in [7, 11) is -3.44. The van der Waals surface area contributed by atoms with Crippen molar-refractivity contribution in [1.82, 2.24) is 3.97 Å². The number of ether oxygens (including phenoxy) is 1. The standard InChI is InChI=1S/C8H11NO4S/c1-3-13-8(10)7-5-4-6-9(7)14(2,11)12/h4-6H,3H2,1-2H3. The van der Waals surface area contributed by atoms with Crippen molar-refractivity contribution in [3.63, 3.8) is 0 Å². The van der Waals surface area contributed by atoms with E-state index in [9.17, 15) is 13.2 Å². The second-order valence-corrected chi connectivity index (χ2v) is 4.53. The molecule has 0 aliphatic carbocycles. The first-order chi connectivity index (χ1) is 6.46. The van der Waals surface area contributed by atoms with Crippen LogP contribution < -0.4 is 0 Å². The first-order valence-corrected chi connectivity index (χ1v) is 5.86. The predicted molar refractivity (Wildman–Crippen MR) is 50.6 cm³/mol. The van der Waals surface area contributed by atoms with Gasteiger partial charge in [0, 0.05) is 6.20 Å². The van der Waals surface area contributed by atoms with Gasteiger partial charge in [0.15, 0.2) is 0 Å². The van der Waals surface area contributed by atoms with Crippen molar-refractivity contribution in [2.45, 2.75) is 6.92 Å². The van der Waals surface area contributed by atoms with E-state index >= 15 is 0 Å². The van der Waals surface area contributed by atoms with Gasteiger partial charge in [0.1, 0.15) is 5.69 Å². The second kappa shape index (κ2) is 3.83. The van der Waals surface area contributed by atoms with Crippen molar-refractivity contribution in [2.75, 3.05) is 12.9 Å². The molecular weight excluding hydrogens is 206 g/mol. The third-order valence-electron chi connectivity index (χ3n) is 1.55. The van der Waals surface area contributed by atoms with Gasteiger partial charge in [-0.1, -0.05) is 0 Å². The molecule has 0 unspecified atom stereocenters. The number of hydrogen-bond acceptors (Lipinski definition) is 4. The maximum Gasteiger partial charge on any atom is 0.355 e. The van der Waals surface area contributed by atoms with Crippen LogP contribution in [0.4, 0.5) is 0 Å². The highest BCUT2D eigenvalue weighted by Crippen LogP contribution is 2.07. The Morgan fingerprint density at radius 1 is 1.57 bits per heavy atom. The Balaban J connectivity index is 3.12. The summed E-state index contributed by atoms with van der Waals surface area (Å²) in [6.07, 6.45) is 2.33. The maximum atomic E-state index is 11.3. The molecule has 0 radical (unpaired) electrons. The van der Waals surface area contributed by atoms with Gasteiger partial charge in [-0.25, -0.2) is 17.2 Å². The lowest BCUT2D eigenvalue weighted by atomic mass is 10.4. The lowest BCUT2D eigenvalue weighted by Gasteiger charge is -2.05. The fourth-order valence-electron chi connectivity index (χ4n) is 1.02. The summed E-state index contributed by atoms with van der Waals surface area (Å²) in [5.74, 6) is -0.636. The normalized spacial score (nSPS) is 11.3. The molecule has 5 nitrogen and oxygen atoms in total. The lowest BCUT2D eigenvalue weighted by Crippen LogP contribution is -2.17. The van der Waals surface area contributed by atoms with Gasteiger partial charge in [-0.3, -0.25) is 0 Å². The SMILES string of the molecule is CCOC(=O)c1cccn1S(C)(=O)=O. The van der Waals surface area contributed by atoms with E-state index < -0.39 is 16.0 Å². The molecule has 1 rings (SSSR count). The van der Waals surface area contributed by atoms with Gasteiger partial charge in [-0.2, -0.15) is 0 Å². The number of esters is 1. The average Bonchev–Trinajstić information content (AvgIpc) is 2.50. The zero-order valence-corrected chi connectivity index (χ0v) is 8.74. The Morgan fingerprint density at radius 3 is 2.71 bits per heavy atom. The van der Waals surface area contributed by atoms with E-state index in [1.807, 2.05) is 0 Å². The van der Waals surface area contributed by atoms with Gasteiger partial charge in [0.25, 0.3) is 0 Å². The molecule has 1 aromatic rings. The zero-order valence-electron chi connectivity index (χ0n) is 7.93. The molecule has 6 heteroatoms. The molecule has 0 saturated carbocycles. The lowest BCUT2D eigenvalue weighted by molar-refractivity contribution is 0.0518. The van der Waals surface area contributed by atoms with Gasteiger partial charge < -0.3 is 4.74 Å². The van der Waals surface area contributed by atoms with Gasteiger partial charge in [-0.15, -0.1) is 0 Å². The number of aromatic nitrogens is 1. The smallest absolute Gasteiger partial charge is 0.355 e. The Labute approximate surface area is 82.3 Å². The van der Waals surface area contributed by atoms with Crippen LogP contribution in [0.2, 0.25) is 0 Å². The second-order valence-electron chi connectivity index (χ2n) is 2.67. The van der Waals surface area contributed by atoms with Gasteiger partial charge >= 0.3 is 5.97 Å². The van der Waals surface area contributed by atoms with E-state index in [1.165, 1.54) is 18.3 Å². The summed E-state index contributed by atoms with van der Waals surface area (Å²) in [4.78, 5) is 11.3. The van der Waals surface area contributed by atoms with Crippen molar-refractivity contribution < 1.29 is 17.9 Å². The third kappa shape index (κ3) is 2.14. The summed E-state index contributed by atoms with van der Waals surface area (Å²) in [6, 6.07) is 2.88. The van der Waals surface area contributed by atoms with Crippen LogP contribution in [0.1, 0.15) is 17.4 Å². The van der Waals surface area contributed by atoms with Crippen LogP contribution in [-0.2, 0) is 14.8 Å². The molecule has 0 aromatic carbocycles. The Hall–Kier alpha value is -1.30. The van der Waals surface area contributed by atoms with E-state index in [4.69, 9.17) is 4.74 Å². The highest BCUT2D eigenvalue weighted by atomic mass is 32.2. The summed E-state index contributed by atoms with van der Waals surface area (Å²) >= 11 is 0. The Kier molecular flexibility index (Phi) is 2.95. The van der Waals surface area contributed by atoms with Crippen LogP contribution in [0.5, 0.6) is 0 Å². The molecule has 0 fully saturated rings. The molecule has 0 N–H and O–H groups in total. The molecule has 1 aromatic heterocycles. The molecule has 0 aliphatic heterocycles. The van der Waals surface area contributed by atoms with E-state index in [-0.39, 0.29) is 12.3 Å². The quantitative estimate of drug-likeness (QED) is 0.690. The van der Waals surface area contributed by atoms with Crippen molar-refractivity contribution in [1.29, 1.82) is 0 Å². The average molecular weight is 217 g/mol. The van der Waals surface area contributed by atoms with Gasteiger partial charge in [-0.05, 0) is 19.1 Å². The van der Waals surface area contributed by atoms with Gasteiger partial charge in [0.2, 0.25) is 10.0 Å². The minimum atomic E-state index is -3.44. The highest BCUT2D eigenvalue weighted by molar-refractivity contribution is 7.89. The van der Waals surface area contributed by atoms with E-state index in [1.54, 1.807) is 6.92 Å². The fourth-order valence-corrected chi connectivity index (χ4v) is 1.80. The van der Waals surface area contributed by atoms with Crippen LogP contribution >= 0.6 is 0 Å². The summed E-state index contributed by atoms with van der Waals surface area (Å²) in [5, 5.41) is 0. The fraction of sp³-hybridized carbons (Fsp3) is 0.375. The highest BCUT2D eigenvalue weighted by Gasteiger charge is 2.16. The van der Waals surface area contributed by atoms with E-state index in [0.29, 0.717) is 0 Å². The largest absolute Gasteiger partial charge is 0.461 e. The molecule has 1 heterocycles. The number of nitrogens with zero attached hydrogens (tertiary/aromatic N) is 1. The third-order valence-corrected chi connectivity index (χ3v) is 2.59. The zero-order chi connectivity index (χ0) is 10.8. The summed E-state index contributed by atoms with van der Waals surface area (Å²) in [5.41, 5.74) is 0.0225. The Bertz CT molecular complexity index is 432. The number of hydrogen-bond donors (Lipinski definition) is 0. The van der Waals surface area contributed by atoms with E-state index in [2.05, 4.69) is 0 Å². The molecule has 0 aliphatic rings. The first-order valence-electron chi connectivity index (χ1n) is 4.02. The number of carbonyl (C=O) groups is 1. The topological polar surface area (TPSA) is 65.4 Å². The molecule has 14 heavy (non-hydrogen) atoms. The van der Waals surface area contributed by atoms with Crippen LogP contribution in [-0.4, -0.2) is 31.2 Å². The molecule has 0 amide bonds. The first kappa shape index (κ1) is 10.8. The summed E-state index contributed by atoms with van der Waals surface area (Å²) < 4.78 is 27.9. The minimum absolute atomic E-state index is 0.0225. The number of rotatable bonds is 3. The molecule has 78 valence electrons. The minimum Gasteiger partial charge on any atom is -0.461 e. The molecular formula is C8H11NO4S. The molecule has 0 bridgehead atoms. The van der Waals surface area contributed by atoms with Crippen LogP contribution in [0.25, 0.3) is 0 Å². The van der Waals surface area contributed by atoms with Crippen molar-refractivity contribution >= 4 is 16.0 Å². The molecule has 0 saturated heterocycles. The predicted octanol–water partition coefficient (Wildman–Crippen LogP) is 0.473. The van der Waals surface area contributed by atoms with Crippen molar-refractivity contribution in [2.24, 2.45) is 0 Å². The number of carbonyl (C=O) groups excluding carboxylic acids is 1. The molecule has 0 atom stereocenters. The maximum absolute atomic E-state index is 11.3. The van der Waals surface area contributed by atoms with Crippen LogP contribution in [0.3, 0.4) is 0 Å². The molecule has 0 spiro atoms.